The molecule has 1 unspecified atom stereocenters. The first-order valence-electron chi connectivity index (χ1n) is 6.45. The van der Waals surface area contributed by atoms with Gasteiger partial charge in [-0.1, -0.05) is 0 Å². The predicted molar refractivity (Wildman–Crippen MR) is 78.1 cm³/mol. The van der Waals surface area contributed by atoms with Crippen molar-refractivity contribution < 1.29 is 18.7 Å². The molecule has 0 aliphatic heterocycles. The number of hydrogen-bond acceptors (Lipinski definition) is 3. The minimum absolute atomic E-state index is 0.288. The van der Waals surface area contributed by atoms with Crippen LogP contribution in [0.2, 0.25) is 0 Å². The van der Waals surface area contributed by atoms with Crippen LogP contribution in [0.25, 0.3) is 0 Å². The Morgan fingerprint density at radius 1 is 1.05 bits per heavy atom. The summed E-state index contributed by atoms with van der Waals surface area (Å²) >= 11 is 0. The molecule has 2 aromatic carbocycles. The minimum atomic E-state index is -0.697. The number of methoxy groups -OCH3 is 1. The first-order valence-corrected chi connectivity index (χ1v) is 6.45. The van der Waals surface area contributed by atoms with Crippen molar-refractivity contribution in [2.24, 2.45) is 0 Å². The minimum Gasteiger partial charge on any atom is -0.497 e. The summed E-state index contributed by atoms with van der Waals surface area (Å²) in [6.07, 6.45) is -0.697. The average molecular weight is 289 g/mol. The molecular weight excluding hydrogens is 273 g/mol. The SMILES string of the molecule is COc1ccc(NC(=O)C(C)Oc2ccc(F)cc2)cc1. The zero-order chi connectivity index (χ0) is 15.2. The summed E-state index contributed by atoms with van der Waals surface area (Å²) in [6.45, 7) is 1.63. The van der Waals surface area contributed by atoms with E-state index in [-0.39, 0.29) is 11.7 Å². The quantitative estimate of drug-likeness (QED) is 0.919. The third kappa shape index (κ3) is 4.21. The van der Waals surface area contributed by atoms with Crippen molar-refractivity contribution in [3.63, 3.8) is 0 Å². The zero-order valence-electron chi connectivity index (χ0n) is 11.8. The van der Waals surface area contributed by atoms with Gasteiger partial charge < -0.3 is 14.8 Å². The fraction of sp³-hybridized carbons (Fsp3) is 0.188. The topological polar surface area (TPSA) is 47.6 Å². The molecule has 5 heteroatoms. The molecule has 110 valence electrons. The fourth-order valence-electron chi connectivity index (χ4n) is 1.69. The molecule has 1 N–H and O–H groups in total. The molecule has 0 heterocycles. The van der Waals surface area contributed by atoms with Crippen molar-refractivity contribution >= 4 is 11.6 Å². The van der Waals surface area contributed by atoms with Gasteiger partial charge in [-0.25, -0.2) is 4.39 Å². The first-order chi connectivity index (χ1) is 10.1. The van der Waals surface area contributed by atoms with E-state index in [1.54, 1.807) is 38.3 Å². The van der Waals surface area contributed by atoms with Crippen LogP contribution in [0.15, 0.2) is 48.5 Å². The first kappa shape index (κ1) is 14.8. The normalized spacial score (nSPS) is 11.6. The van der Waals surface area contributed by atoms with Crippen molar-refractivity contribution in [3.8, 4) is 11.5 Å². The van der Waals surface area contributed by atoms with Crippen LogP contribution in [0, 0.1) is 5.82 Å². The Morgan fingerprint density at radius 3 is 2.19 bits per heavy atom. The summed E-state index contributed by atoms with van der Waals surface area (Å²) in [4.78, 5) is 12.0. The second kappa shape index (κ2) is 6.74. The molecule has 0 aromatic heterocycles. The Morgan fingerprint density at radius 2 is 1.62 bits per heavy atom. The van der Waals surface area contributed by atoms with Gasteiger partial charge in [0.15, 0.2) is 6.10 Å². The second-order valence-corrected chi connectivity index (χ2v) is 4.43. The number of hydrogen-bond donors (Lipinski definition) is 1. The monoisotopic (exact) mass is 289 g/mol. The number of halogens is 1. The molecule has 1 amide bonds. The maximum atomic E-state index is 12.8. The van der Waals surface area contributed by atoms with Crippen LogP contribution in [0.1, 0.15) is 6.92 Å². The largest absolute Gasteiger partial charge is 0.497 e. The van der Waals surface area contributed by atoms with Crippen LogP contribution in [0.4, 0.5) is 10.1 Å². The lowest BCUT2D eigenvalue weighted by molar-refractivity contribution is -0.122. The van der Waals surface area contributed by atoms with Gasteiger partial charge in [0.2, 0.25) is 0 Å². The van der Waals surface area contributed by atoms with Gasteiger partial charge in [-0.3, -0.25) is 4.79 Å². The van der Waals surface area contributed by atoms with E-state index >= 15 is 0 Å². The lowest BCUT2D eigenvalue weighted by atomic mass is 10.2. The molecule has 0 aliphatic carbocycles. The van der Waals surface area contributed by atoms with Crippen molar-refractivity contribution in [2.75, 3.05) is 12.4 Å². The maximum absolute atomic E-state index is 12.8. The lowest BCUT2D eigenvalue weighted by Gasteiger charge is -2.14. The smallest absolute Gasteiger partial charge is 0.265 e. The summed E-state index contributed by atoms with van der Waals surface area (Å²) in [6, 6.07) is 12.5. The third-order valence-electron chi connectivity index (χ3n) is 2.85. The van der Waals surface area contributed by atoms with Crippen molar-refractivity contribution in [3.05, 3.63) is 54.3 Å². The van der Waals surface area contributed by atoms with E-state index in [1.807, 2.05) is 0 Å². The summed E-state index contributed by atoms with van der Waals surface area (Å²) < 4.78 is 23.3. The Kier molecular flexibility index (Phi) is 4.77. The van der Waals surface area contributed by atoms with Crippen molar-refractivity contribution in [1.82, 2.24) is 0 Å². The molecule has 4 nitrogen and oxygen atoms in total. The number of benzene rings is 2. The highest BCUT2D eigenvalue weighted by atomic mass is 19.1. The zero-order valence-corrected chi connectivity index (χ0v) is 11.8. The van der Waals surface area contributed by atoms with Crippen LogP contribution in [-0.2, 0) is 4.79 Å². The van der Waals surface area contributed by atoms with E-state index in [9.17, 15) is 9.18 Å². The van der Waals surface area contributed by atoms with E-state index in [0.29, 0.717) is 17.2 Å². The summed E-state index contributed by atoms with van der Waals surface area (Å²) in [5.74, 6) is 0.513. The van der Waals surface area contributed by atoms with Gasteiger partial charge in [0.25, 0.3) is 5.91 Å². The maximum Gasteiger partial charge on any atom is 0.265 e. The number of carbonyl (C=O) groups excluding carboxylic acids is 1. The summed E-state index contributed by atoms with van der Waals surface area (Å²) in [7, 11) is 1.58. The Hall–Kier alpha value is -2.56. The third-order valence-corrected chi connectivity index (χ3v) is 2.85. The summed E-state index contributed by atoms with van der Waals surface area (Å²) in [5, 5.41) is 2.73. The molecule has 2 aromatic rings. The standard InChI is InChI=1S/C16H16FNO3/c1-11(21-15-7-3-12(17)4-8-15)16(19)18-13-5-9-14(20-2)10-6-13/h3-11H,1-2H3,(H,18,19). The Bertz CT molecular complexity index is 596. The van der Waals surface area contributed by atoms with E-state index in [2.05, 4.69) is 5.32 Å². The van der Waals surface area contributed by atoms with E-state index < -0.39 is 6.10 Å². The predicted octanol–water partition coefficient (Wildman–Crippen LogP) is 3.24. The van der Waals surface area contributed by atoms with E-state index in [1.165, 1.54) is 24.3 Å². The van der Waals surface area contributed by atoms with Gasteiger partial charge in [-0.15, -0.1) is 0 Å². The molecule has 0 saturated heterocycles. The molecule has 0 aliphatic rings. The van der Waals surface area contributed by atoms with Gasteiger partial charge in [-0.05, 0) is 55.5 Å². The van der Waals surface area contributed by atoms with E-state index in [0.717, 1.165) is 0 Å². The number of carbonyl (C=O) groups is 1. The number of anilines is 1. The lowest BCUT2D eigenvalue weighted by Crippen LogP contribution is -2.30. The van der Waals surface area contributed by atoms with Crippen LogP contribution in [0.3, 0.4) is 0 Å². The van der Waals surface area contributed by atoms with Gasteiger partial charge in [0, 0.05) is 5.69 Å². The van der Waals surface area contributed by atoms with Crippen molar-refractivity contribution in [2.45, 2.75) is 13.0 Å². The van der Waals surface area contributed by atoms with Crippen LogP contribution in [-0.4, -0.2) is 19.1 Å². The molecule has 0 saturated carbocycles. The highest BCUT2D eigenvalue weighted by Crippen LogP contribution is 2.17. The molecule has 0 fully saturated rings. The molecule has 21 heavy (non-hydrogen) atoms. The molecule has 0 spiro atoms. The van der Waals surface area contributed by atoms with Crippen LogP contribution >= 0.6 is 0 Å². The van der Waals surface area contributed by atoms with Gasteiger partial charge in [-0.2, -0.15) is 0 Å². The molecule has 0 bridgehead atoms. The summed E-state index contributed by atoms with van der Waals surface area (Å²) in [5.41, 5.74) is 0.648. The Balaban J connectivity index is 1.93. The number of ether oxygens (including phenoxy) is 2. The number of rotatable bonds is 5. The number of amides is 1. The highest BCUT2D eigenvalue weighted by molar-refractivity contribution is 5.94. The highest BCUT2D eigenvalue weighted by Gasteiger charge is 2.14. The number of nitrogens with one attached hydrogen (secondary N) is 1. The second-order valence-electron chi connectivity index (χ2n) is 4.43. The molecule has 1 atom stereocenters. The van der Waals surface area contributed by atoms with Gasteiger partial charge in [0.1, 0.15) is 17.3 Å². The van der Waals surface area contributed by atoms with Gasteiger partial charge >= 0.3 is 0 Å². The van der Waals surface area contributed by atoms with Crippen LogP contribution < -0.4 is 14.8 Å². The van der Waals surface area contributed by atoms with E-state index in [4.69, 9.17) is 9.47 Å². The van der Waals surface area contributed by atoms with Gasteiger partial charge in [0.05, 0.1) is 7.11 Å². The molecule has 2 rings (SSSR count). The van der Waals surface area contributed by atoms with Crippen LogP contribution in [0.5, 0.6) is 11.5 Å². The molecular formula is C16H16FNO3. The van der Waals surface area contributed by atoms with Crippen molar-refractivity contribution in [1.29, 1.82) is 0 Å². The molecule has 0 radical (unpaired) electrons. The average Bonchev–Trinajstić information content (AvgIpc) is 2.50. The fourth-order valence-corrected chi connectivity index (χ4v) is 1.69. The Labute approximate surface area is 122 Å².